The Balaban J connectivity index is 1.79. The number of nitrogens with one attached hydrogen (secondary N) is 2. The molecule has 0 saturated carbocycles. The summed E-state index contributed by atoms with van der Waals surface area (Å²) in [6.45, 7) is 1.84. The number of urea groups is 1. The maximum atomic E-state index is 13.0. The van der Waals surface area contributed by atoms with Crippen molar-refractivity contribution in [2.45, 2.75) is 13.1 Å². The lowest BCUT2D eigenvalue weighted by Gasteiger charge is -2.28. The summed E-state index contributed by atoms with van der Waals surface area (Å²) >= 11 is 0. The zero-order valence-corrected chi connectivity index (χ0v) is 15.9. The number of nitrogens with zero attached hydrogens (tertiary/aromatic N) is 2. The maximum Gasteiger partial charge on any atom is 0.416 e. The number of barbiturate groups is 1. The number of hydrogen-bond donors (Lipinski definition) is 2. The summed E-state index contributed by atoms with van der Waals surface area (Å²) in [5.41, 5.74) is 1.92. The lowest BCUT2D eigenvalue weighted by atomic mass is 10.1. The van der Waals surface area contributed by atoms with Crippen molar-refractivity contribution in [2.24, 2.45) is 11.0 Å². The molecule has 1 heterocycles. The Labute approximate surface area is 173 Å². The number of benzene rings is 2. The first-order chi connectivity index (χ1) is 14.6. The first kappa shape index (κ1) is 21.7. The van der Waals surface area contributed by atoms with E-state index in [9.17, 15) is 32.3 Å². The van der Waals surface area contributed by atoms with E-state index < -0.39 is 41.4 Å². The van der Waals surface area contributed by atoms with Crippen LogP contribution in [0.4, 0.5) is 23.7 Å². The molecule has 1 aliphatic heterocycles. The van der Waals surface area contributed by atoms with Crippen LogP contribution in [-0.4, -0.2) is 30.0 Å². The van der Waals surface area contributed by atoms with Crippen molar-refractivity contribution in [3.63, 3.8) is 0 Å². The van der Waals surface area contributed by atoms with Crippen molar-refractivity contribution in [3.8, 4) is 0 Å². The first-order valence-electron chi connectivity index (χ1n) is 8.84. The van der Waals surface area contributed by atoms with E-state index in [0.29, 0.717) is 11.0 Å². The number of hydrazone groups is 1. The normalized spacial score (nSPS) is 17.1. The molecule has 0 aliphatic carbocycles. The average molecular weight is 432 g/mol. The summed E-state index contributed by atoms with van der Waals surface area (Å²) in [6.07, 6.45) is -3.89. The van der Waals surface area contributed by atoms with Gasteiger partial charge in [-0.25, -0.2) is 15.1 Å². The molecular weight excluding hydrogens is 417 g/mol. The zero-order valence-electron chi connectivity index (χ0n) is 15.9. The molecule has 1 saturated heterocycles. The molecule has 5 amide bonds. The van der Waals surface area contributed by atoms with Crippen molar-refractivity contribution in [2.75, 3.05) is 4.90 Å². The minimum absolute atomic E-state index is 0.281. The molecule has 0 bridgehead atoms. The molecule has 160 valence electrons. The van der Waals surface area contributed by atoms with Gasteiger partial charge in [0, 0.05) is 11.8 Å². The van der Waals surface area contributed by atoms with Gasteiger partial charge in [0.05, 0.1) is 11.3 Å². The number of alkyl halides is 3. The fraction of sp³-hybridized carbons (Fsp3) is 0.150. The number of hydrogen-bond acceptors (Lipinski definition) is 5. The summed E-state index contributed by atoms with van der Waals surface area (Å²) in [4.78, 5) is 49.2. The van der Waals surface area contributed by atoms with E-state index in [4.69, 9.17) is 0 Å². The number of carbonyl (C=O) groups excluding carboxylic acids is 4. The van der Waals surface area contributed by atoms with Crippen LogP contribution in [0.15, 0.2) is 53.6 Å². The predicted molar refractivity (Wildman–Crippen MR) is 103 cm³/mol. The van der Waals surface area contributed by atoms with Crippen LogP contribution >= 0.6 is 0 Å². The Kier molecular flexibility index (Phi) is 5.86. The molecule has 0 radical (unpaired) electrons. The smallest absolute Gasteiger partial charge is 0.276 e. The SMILES string of the molecule is Cc1ccc(C(=O)NN=CC2C(=O)NC(=O)N(c3cccc(C(F)(F)F)c3)C2=O)cc1. The zero-order chi connectivity index (χ0) is 22.8. The molecule has 3 rings (SSSR count). The van der Waals surface area contributed by atoms with Gasteiger partial charge < -0.3 is 0 Å². The van der Waals surface area contributed by atoms with Crippen LogP contribution in [0.1, 0.15) is 21.5 Å². The second-order valence-corrected chi connectivity index (χ2v) is 6.58. The Morgan fingerprint density at radius 2 is 1.81 bits per heavy atom. The van der Waals surface area contributed by atoms with Crippen LogP contribution in [0.5, 0.6) is 0 Å². The third-order valence-electron chi connectivity index (χ3n) is 4.34. The van der Waals surface area contributed by atoms with Crippen LogP contribution in [0.25, 0.3) is 0 Å². The van der Waals surface area contributed by atoms with Crippen LogP contribution in [-0.2, 0) is 15.8 Å². The molecule has 0 spiro atoms. The monoisotopic (exact) mass is 432 g/mol. The van der Waals surface area contributed by atoms with E-state index >= 15 is 0 Å². The predicted octanol–water partition coefficient (Wildman–Crippen LogP) is 2.63. The first-order valence-corrected chi connectivity index (χ1v) is 8.84. The number of carbonyl (C=O) groups is 4. The highest BCUT2D eigenvalue weighted by Gasteiger charge is 2.41. The number of rotatable bonds is 4. The summed E-state index contributed by atoms with van der Waals surface area (Å²) in [5.74, 6) is -4.37. The van der Waals surface area contributed by atoms with E-state index in [-0.39, 0.29) is 11.3 Å². The fourth-order valence-electron chi connectivity index (χ4n) is 2.73. The largest absolute Gasteiger partial charge is 0.416 e. The van der Waals surface area contributed by atoms with E-state index in [1.807, 2.05) is 12.2 Å². The van der Waals surface area contributed by atoms with Gasteiger partial charge in [-0.3, -0.25) is 19.7 Å². The van der Waals surface area contributed by atoms with Gasteiger partial charge in [-0.15, -0.1) is 0 Å². The standard InChI is InChI=1S/C20H15F3N4O4/c1-11-5-7-12(8-6-11)16(28)26-24-10-15-17(29)25-19(31)27(18(15)30)14-4-2-3-13(9-14)20(21,22)23/h2-10,15H,1H3,(H,26,28)(H,25,29,31). The van der Waals surface area contributed by atoms with E-state index in [1.165, 1.54) is 0 Å². The average Bonchev–Trinajstić information content (AvgIpc) is 2.70. The molecule has 1 fully saturated rings. The van der Waals surface area contributed by atoms with E-state index in [2.05, 4.69) is 10.5 Å². The second-order valence-electron chi connectivity index (χ2n) is 6.58. The maximum absolute atomic E-state index is 13.0. The van der Waals surface area contributed by atoms with Crippen LogP contribution in [0, 0.1) is 12.8 Å². The molecule has 11 heteroatoms. The number of halogens is 3. The summed E-state index contributed by atoms with van der Waals surface area (Å²) < 4.78 is 38.9. The number of anilines is 1. The van der Waals surface area contributed by atoms with Gasteiger partial charge in [-0.1, -0.05) is 23.8 Å². The van der Waals surface area contributed by atoms with E-state index in [1.54, 1.807) is 24.3 Å². The van der Waals surface area contributed by atoms with Crippen LogP contribution < -0.4 is 15.6 Å². The van der Waals surface area contributed by atoms with Gasteiger partial charge in [-0.2, -0.15) is 18.3 Å². The highest BCUT2D eigenvalue weighted by Crippen LogP contribution is 2.32. The highest BCUT2D eigenvalue weighted by atomic mass is 19.4. The van der Waals surface area contributed by atoms with E-state index in [0.717, 1.165) is 30.0 Å². The highest BCUT2D eigenvalue weighted by molar-refractivity contribution is 6.32. The van der Waals surface area contributed by atoms with Crippen molar-refractivity contribution in [1.29, 1.82) is 0 Å². The number of amides is 5. The Morgan fingerprint density at radius 1 is 1.13 bits per heavy atom. The molecule has 31 heavy (non-hydrogen) atoms. The van der Waals surface area contributed by atoms with Crippen LogP contribution in [0.2, 0.25) is 0 Å². The van der Waals surface area contributed by atoms with Crippen LogP contribution in [0.3, 0.4) is 0 Å². The third kappa shape index (κ3) is 4.77. The summed E-state index contributed by atoms with van der Waals surface area (Å²) in [7, 11) is 0. The molecule has 0 aromatic heterocycles. The number of imide groups is 2. The second kappa shape index (κ2) is 8.38. The topological polar surface area (TPSA) is 108 Å². The van der Waals surface area contributed by atoms with Crippen molar-refractivity contribution in [1.82, 2.24) is 10.7 Å². The Bertz CT molecular complexity index is 1080. The van der Waals surface area contributed by atoms with Gasteiger partial charge in [0.1, 0.15) is 0 Å². The Hall–Kier alpha value is -4.02. The molecule has 1 atom stereocenters. The molecule has 2 aromatic carbocycles. The van der Waals surface area contributed by atoms with Gasteiger partial charge in [0.2, 0.25) is 5.91 Å². The van der Waals surface area contributed by atoms with Crippen molar-refractivity contribution < 1.29 is 32.3 Å². The fourth-order valence-corrected chi connectivity index (χ4v) is 2.73. The minimum Gasteiger partial charge on any atom is -0.276 e. The van der Waals surface area contributed by atoms with Gasteiger partial charge >= 0.3 is 12.2 Å². The summed E-state index contributed by atoms with van der Waals surface area (Å²) in [6, 6.07) is 8.85. The molecular formula is C20H15F3N4O4. The molecule has 2 N–H and O–H groups in total. The number of aryl methyl sites for hydroxylation is 1. The molecule has 1 unspecified atom stereocenters. The lowest BCUT2D eigenvalue weighted by molar-refractivity contribution is -0.138. The van der Waals surface area contributed by atoms with Gasteiger partial charge in [0.25, 0.3) is 11.8 Å². The lowest BCUT2D eigenvalue weighted by Crippen LogP contribution is -2.58. The van der Waals surface area contributed by atoms with Crippen molar-refractivity contribution >= 4 is 35.7 Å². The van der Waals surface area contributed by atoms with Crippen molar-refractivity contribution in [3.05, 3.63) is 65.2 Å². The van der Waals surface area contributed by atoms with Gasteiger partial charge in [-0.05, 0) is 37.3 Å². The minimum atomic E-state index is -4.69. The molecule has 2 aromatic rings. The summed E-state index contributed by atoms with van der Waals surface area (Å²) in [5, 5.41) is 5.47. The molecule has 1 aliphatic rings. The Morgan fingerprint density at radius 3 is 2.45 bits per heavy atom. The molecule has 8 nitrogen and oxygen atoms in total. The third-order valence-corrected chi connectivity index (χ3v) is 4.34. The quantitative estimate of drug-likeness (QED) is 0.440. The van der Waals surface area contributed by atoms with Gasteiger partial charge in [0.15, 0.2) is 5.92 Å².